The van der Waals surface area contributed by atoms with Gasteiger partial charge in [-0.25, -0.2) is 0 Å². The van der Waals surface area contributed by atoms with E-state index in [0.29, 0.717) is 17.8 Å². The summed E-state index contributed by atoms with van der Waals surface area (Å²) < 4.78 is 5.06. The number of benzene rings is 1. The smallest absolute Gasteiger partial charge is 0.321 e. The molecule has 1 heterocycles. The van der Waals surface area contributed by atoms with E-state index in [1.165, 1.54) is 0 Å². The van der Waals surface area contributed by atoms with Crippen LogP contribution < -0.4 is 5.32 Å². The number of aromatic hydroxyl groups is 1. The first-order chi connectivity index (χ1) is 8.15. The SMILES string of the molecule is CC(C)CNc1nc(-c2cccc(O)c2)no1. The van der Waals surface area contributed by atoms with Crippen LogP contribution in [-0.4, -0.2) is 21.8 Å². The molecule has 0 aliphatic carbocycles. The molecule has 0 aliphatic heterocycles. The van der Waals surface area contributed by atoms with Crippen molar-refractivity contribution in [2.24, 2.45) is 5.92 Å². The zero-order valence-corrected chi connectivity index (χ0v) is 9.84. The van der Waals surface area contributed by atoms with Gasteiger partial charge < -0.3 is 14.9 Å². The average molecular weight is 233 g/mol. The molecule has 2 rings (SSSR count). The Balaban J connectivity index is 2.12. The van der Waals surface area contributed by atoms with E-state index in [9.17, 15) is 5.11 Å². The standard InChI is InChI=1S/C12H15N3O2/c1-8(2)7-13-12-14-11(15-17-12)9-4-3-5-10(16)6-9/h3-6,8,16H,7H2,1-2H3,(H,13,14,15). The average Bonchev–Trinajstić information content (AvgIpc) is 2.75. The lowest BCUT2D eigenvalue weighted by molar-refractivity contribution is 0.429. The molecule has 0 saturated heterocycles. The van der Waals surface area contributed by atoms with Gasteiger partial charge in [0.1, 0.15) is 5.75 Å². The quantitative estimate of drug-likeness (QED) is 0.849. The maximum atomic E-state index is 9.36. The molecule has 0 unspecified atom stereocenters. The van der Waals surface area contributed by atoms with Crippen LogP contribution in [0.3, 0.4) is 0 Å². The van der Waals surface area contributed by atoms with Crippen molar-refractivity contribution in [2.45, 2.75) is 13.8 Å². The Morgan fingerprint density at radius 1 is 1.41 bits per heavy atom. The summed E-state index contributed by atoms with van der Waals surface area (Å²) in [5.74, 6) is 1.15. The van der Waals surface area contributed by atoms with E-state index < -0.39 is 0 Å². The highest BCUT2D eigenvalue weighted by molar-refractivity contribution is 5.57. The Labute approximate surface area is 99.5 Å². The minimum absolute atomic E-state index is 0.184. The maximum absolute atomic E-state index is 9.36. The van der Waals surface area contributed by atoms with Crippen molar-refractivity contribution in [3.05, 3.63) is 24.3 Å². The molecule has 0 atom stereocenters. The Morgan fingerprint density at radius 3 is 2.94 bits per heavy atom. The van der Waals surface area contributed by atoms with Crippen molar-refractivity contribution >= 4 is 6.01 Å². The molecule has 5 heteroatoms. The Kier molecular flexibility index (Phi) is 3.27. The van der Waals surface area contributed by atoms with Crippen LogP contribution in [0.2, 0.25) is 0 Å². The van der Waals surface area contributed by atoms with Gasteiger partial charge in [-0.05, 0) is 18.1 Å². The molecule has 17 heavy (non-hydrogen) atoms. The fraction of sp³-hybridized carbons (Fsp3) is 0.333. The van der Waals surface area contributed by atoms with Crippen LogP contribution in [0.5, 0.6) is 5.75 Å². The van der Waals surface area contributed by atoms with Crippen LogP contribution in [-0.2, 0) is 0 Å². The van der Waals surface area contributed by atoms with Gasteiger partial charge in [-0.3, -0.25) is 0 Å². The first kappa shape index (κ1) is 11.4. The number of hydrogen-bond acceptors (Lipinski definition) is 5. The summed E-state index contributed by atoms with van der Waals surface area (Å²) in [4.78, 5) is 4.19. The normalized spacial score (nSPS) is 10.8. The monoisotopic (exact) mass is 233 g/mol. The van der Waals surface area contributed by atoms with E-state index >= 15 is 0 Å². The van der Waals surface area contributed by atoms with E-state index in [4.69, 9.17) is 4.52 Å². The fourth-order valence-corrected chi connectivity index (χ4v) is 1.35. The van der Waals surface area contributed by atoms with Crippen LogP contribution in [0.1, 0.15) is 13.8 Å². The maximum Gasteiger partial charge on any atom is 0.321 e. The minimum atomic E-state index is 0.184. The molecule has 1 aromatic carbocycles. The van der Waals surface area contributed by atoms with Gasteiger partial charge in [0.15, 0.2) is 0 Å². The molecule has 1 aromatic heterocycles. The molecule has 5 nitrogen and oxygen atoms in total. The van der Waals surface area contributed by atoms with Gasteiger partial charge in [0.2, 0.25) is 5.82 Å². The van der Waals surface area contributed by atoms with Crippen molar-refractivity contribution in [3.63, 3.8) is 0 Å². The Hall–Kier alpha value is -2.04. The third-order valence-corrected chi connectivity index (χ3v) is 2.19. The first-order valence-corrected chi connectivity index (χ1v) is 5.52. The molecule has 0 aliphatic rings. The number of phenolic OH excluding ortho intramolecular Hbond substituents is 1. The van der Waals surface area contributed by atoms with Crippen molar-refractivity contribution in [2.75, 3.05) is 11.9 Å². The number of rotatable bonds is 4. The molecule has 0 fully saturated rings. The second-order valence-corrected chi connectivity index (χ2v) is 4.25. The van der Waals surface area contributed by atoms with E-state index in [1.807, 2.05) is 6.07 Å². The van der Waals surface area contributed by atoms with Gasteiger partial charge in [0.25, 0.3) is 0 Å². The number of hydrogen-bond donors (Lipinski definition) is 2. The predicted molar refractivity (Wildman–Crippen MR) is 64.7 cm³/mol. The van der Waals surface area contributed by atoms with Crippen LogP contribution in [0, 0.1) is 5.92 Å². The van der Waals surface area contributed by atoms with E-state index in [-0.39, 0.29) is 5.75 Å². The van der Waals surface area contributed by atoms with E-state index in [2.05, 4.69) is 29.3 Å². The molecule has 0 bridgehead atoms. The second kappa shape index (κ2) is 4.86. The summed E-state index contributed by atoms with van der Waals surface area (Å²) in [6, 6.07) is 7.15. The predicted octanol–water partition coefficient (Wildman–Crippen LogP) is 2.51. The fourth-order valence-electron chi connectivity index (χ4n) is 1.35. The van der Waals surface area contributed by atoms with Gasteiger partial charge in [0.05, 0.1) is 0 Å². The van der Waals surface area contributed by atoms with Crippen LogP contribution >= 0.6 is 0 Å². The van der Waals surface area contributed by atoms with Crippen LogP contribution in [0.15, 0.2) is 28.8 Å². The molecule has 2 aromatic rings. The largest absolute Gasteiger partial charge is 0.508 e. The lowest BCUT2D eigenvalue weighted by Gasteiger charge is -2.02. The molecule has 0 radical (unpaired) electrons. The number of nitrogens with zero attached hydrogens (tertiary/aromatic N) is 2. The Bertz CT molecular complexity index is 494. The molecular weight excluding hydrogens is 218 g/mol. The highest BCUT2D eigenvalue weighted by Crippen LogP contribution is 2.21. The third-order valence-electron chi connectivity index (χ3n) is 2.19. The number of anilines is 1. The lowest BCUT2D eigenvalue weighted by Crippen LogP contribution is -2.07. The highest BCUT2D eigenvalue weighted by Gasteiger charge is 2.08. The van der Waals surface area contributed by atoms with Gasteiger partial charge >= 0.3 is 6.01 Å². The summed E-state index contributed by atoms with van der Waals surface area (Å²) in [5, 5.41) is 16.2. The zero-order chi connectivity index (χ0) is 12.3. The van der Waals surface area contributed by atoms with Gasteiger partial charge in [0, 0.05) is 12.1 Å². The van der Waals surface area contributed by atoms with Crippen molar-refractivity contribution in [1.29, 1.82) is 0 Å². The zero-order valence-electron chi connectivity index (χ0n) is 9.84. The number of nitrogens with one attached hydrogen (secondary N) is 1. The van der Waals surface area contributed by atoms with Crippen molar-refractivity contribution in [3.8, 4) is 17.1 Å². The molecule has 90 valence electrons. The number of aromatic nitrogens is 2. The summed E-state index contributed by atoms with van der Waals surface area (Å²) in [6.07, 6.45) is 0. The second-order valence-electron chi connectivity index (χ2n) is 4.25. The number of phenols is 1. The summed E-state index contributed by atoms with van der Waals surface area (Å²) in [6.45, 7) is 4.97. The molecule has 0 amide bonds. The third kappa shape index (κ3) is 2.96. The molecule has 0 saturated carbocycles. The van der Waals surface area contributed by atoms with E-state index in [1.54, 1.807) is 18.2 Å². The molecule has 2 N–H and O–H groups in total. The van der Waals surface area contributed by atoms with Gasteiger partial charge in [-0.15, -0.1) is 0 Å². The van der Waals surface area contributed by atoms with Crippen molar-refractivity contribution < 1.29 is 9.63 Å². The van der Waals surface area contributed by atoms with E-state index in [0.717, 1.165) is 12.1 Å². The lowest BCUT2D eigenvalue weighted by atomic mass is 10.2. The van der Waals surface area contributed by atoms with Crippen molar-refractivity contribution in [1.82, 2.24) is 10.1 Å². The topological polar surface area (TPSA) is 71.2 Å². The molecule has 0 spiro atoms. The summed E-state index contributed by atoms with van der Waals surface area (Å²) in [7, 11) is 0. The molecular formula is C12H15N3O2. The summed E-state index contributed by atoms with van der Waals surface area (Å²) in [5.41, 5.74) is 0.728. The summed E-state index contributed by atoms with van der Waals surface area (Å²) >= 11 is 0. The minimum Gasteiger partial charge on any atom is -0.508 e. The van der Waals surface area contributed by atoms with Gasteiger partial charge in [-0.1, -0.05) is 31.1 Å². The Morgan fingerprint density at radius 2 is 2.24 bits per heavy atom. The van der Waals surface area contributed by atoms with Gasteiger partial charge in [-0.2, -0.15) is 4.98 Å². The van der Waals surface area contributed by atoms with Crippen LogP contribution in [0.25, 0.3) is 11.4 Å². The highest BCUT2D eigenvalue weighted by atomic mass is 16.5. The van der Waals surface area contributed by atoms with Crippen LogP contribution in [0.4, 0.5) is 6.01 Å². The first-order valence-electron chi connectivity index (χ1n) is 5.52.